The Balaban J connectivity index is 2.85. The van der Waals surface area contributed by atoms with Gasteiger partial charge in [-0.15, -0.1) is 0 Å². The predicted molar refractivity (Wildman–Crippen MR) is 46.5 cm³/mol. The van der Waals surface area contributed by atoms with Crippen molar-refractivity contribution in [3.63, 3.8) is 0 Å². The maximum atomic E-state index is 12.9. The zero-order valence-corrected chi connectivity index (χ0v) is 7.52. The number of nitrogens with one attached hydrogen (secondary N) is 1. The van der Waals surface area contributed by atoms with Crippen LogP contribution in [0.2, 0.25) is 0 Å². The zero-order chi connectivity index (χ0) is 10.7. The molecule has 0 saturated heterocycles. The third-order valence-corrected chi connectivity index (χ3v) is 1.58. The summed E-state index contributed by atoms with van der Waals surface area (Å²) in [7, 11) is 0. The molecule has 0 heterocycles. The van der Waals surface area contributed by atoms with E-state index in [1.165, 1.54) is 6.92 Å². The average Bonchev–Trinajstić information content (AvgIpc) is 2.08. The predicted octanol–water partition coefficient (Wildman–Crippen LogP) is 1.90. The minimum Gasteiger partial charge on any atom is -0.392 e. The smallest absolute Gasteiger partial charge is 0.182 e. The first kappa shape index (κ1) is 10.8. The molecule has 2 nitrogen and oxygen atoms in total. The third-order valence-electron chi connectivity index (χ3n) is 1.58. The van der Waals surface area contributed by atoms with Gasteiger partial charge in [-0.05, 0) is 6.92 Å². The lowest BCUT2D eigenvalue weighted by atomic mass is 10.2. The first-order chi connectivity index (χ1) is 6.50. The van der Waals surface area contributed by atoms with Crippen molar-refractivity contribution in [1.29, 1.82) is 0 Å². The lowest BCUT2D eigenvalue weighted by Gasteiger charge is -2.09. The highest BCUT2D eigenvalue weighted by Gasteiger charge is 2.10. The number of aliphatic hydroxyl groups is 1. The minimum absolute atomic E-state index is 0.0276. The molecule has 0 saturated carbocycles. The Hall–Kier alpha value is -1.23. The quantitative estimate of drug-likeness (QED) is 0.738. The number of anilines is 1. The summed E-state index contributed by atoms with van der Waals surface area (Å²) in [4.78, 5) is 0. The number of aliphatic hydroxyl groups excluding tert-OH is 1. The van der Waals surface area contributed by atoms with Gasteiger partial charge < -0.3 is 10.4 Å². The number of rotatable bonds is 3. The van der Waals surface area contributed by atoms with Crippen LogP contribution < -0.4 is 5.32 Å². The minimum atomic E-state index is -1.25. The van der Waals surface area contributed by atoms with Gasteiger partial charge in [-0.25, -0.2) is 13.2 Å². The summed E-state index contributed by atoms with van der Waals surface area (Å²) in [6.45, 7) is 1.50. The molecule has 1 aromatic rings. The molecule has 0 radical (unpaired) electrons. The maximum absolute atomic E-state index is 12.9. The van der Waals surface area contributed by atoms with E-state index in [2.05, 4.69) is 5.32 Å². The molecule has 14 heavy (non-hydrogen) atoms. The molecule has 5 heteroatoms. The number of halogens is 3. The van der Waals surface area contributed by atoms with E-state index >= 15 is 0 Å². The third kappa shape index (κ3) is 2.63. The Bertz CT molecular complexity index is 328. The fourth-order valence-electron chi connectivity index (χ4n) is 0.942. The van der Waals surface area contributed by atoms with E-state index in [4.69, 9.17) is 5.11 Å². The van der Waals surface area contributed by atoms with Crippen LogP contribution in [0.1, 0.15) is 6.92 Å². The molecule has 0 bridgehead atoms. The molecule has 0 aliphatic rings. The van der Waals surface area contributed by atoms with E-state index < -0.39 is 23.6 Å². The normalized spacial score (nSPS) is 12.6. The molecular weight excluding hydrogens is 195 g/mol. The van der Waals surface area contributed by atoms with Gasteiger partial charge in [-0.2, -0.15) is 0 Å². The van der Waals surface area contributed by atoms with Crippen molar-refractivity contribution in [2.45, 2.75) is 13.0 Å². The van der Waals surface area contributed by atoms with Gasteiger partial charge in [0, 0.05) is 18.7 Å². The molecular formula is C9H10F3NO. The molecule has 0 aliphatic heterocycles. The highest BCUT2D eigenvalue weighted by Crippen LogP contribution is 2.18. The van der Waals surface area contributed by atoms with Crippen LogP contribution >= 0.6 is 0 Å². The Kier molecular flexibility index (Phi) is 3.35. The second-order valence-corrected chi connectivity index (χ2v) is 2.98. The van der Waals surface area contributed by atoms with Crippen LogP contribution in [0.15, 0.2) is 12.1 Å². The molecule has 1 aromatic carbocycles. The number of hydrogen-bond donors (Lipinski definition) is 2. The fraction of sp³-hybridized carbons (Fsp3) is 0.333. The summed E-state index contributed by atoms with van der Waals surface area (Å²) in [6, 6.07) is 1.30. The van der Waals surface area contributed by atoms with Crippen molar-refractivity contribution in [3.05, 3.63) is 29.6 Å². The molecule has 0 aromatic heterocycles. The van der Waals surface area contributed by atoms with Crippen molar-refractivity contribution in [2.24, 2.45) is 0 Å². The lowest BCUT2D eigenvalue weighted by Crippen LogP contribution is -2.16. The molecule has 1 atom stereocenters. The maximum Gasteiger partial charge on any atom is 0.182 e. The highest BCUT2D eigenvalue weighted by atomic mass is 19.2. The molecule has 78 valence electrons. The van der Waals surface area contributed by atoms with Gasteiger partial charge in [0.15, 0.2) is 11.6 Å². The first-order valence-corrected chi connectivity index (χ1v) is 4.07. The topological polar surface area (TPSA) is 32.3 Å². The van der Waals surface area contributed by atoms with Crippen LogP contribution in [0.3, 0.4) is 0 Å². The molecule has 0 fully saturated rings. The van der Waals surface area contributed by atoms with E-state index in [1.54, 1.807) is 0 Å². The standard InChI is InChI=1S/C9H10F3NO/c1-5(14)4-13-8-3-6(10)2-7(11)9(8)12/h2-3,5,13-14H,4H2,1H3. The summed E-state index contributed by atoms with van der Waals surface area (Å²) < 4.78 is 38.2. The molecule has 2 N–H and O–H groups in total. The summed E-state index contributed by atoms with van der Waals surface area (Å²) >= 11 is 0. The largest absolute Gasteiger partial charge is 0.392 e. The van der Waals surface area contributed by atoms with Gasteiger partial charge >= 0.3 is 0 Å². The summed E-state index contributed by atoms with van der Waals surface area (Å²) in [6.07, 6.45) is -0.722. The fourth-order valence-corrected chi connectivity index (χ4v) is 0.942. The average molecular weight is 205 g/mol. The molecule has 1 rings (SSSR count). The van der Waals surface area contributed by atoms with E-state index in [0.29, 0.717) is 6.07 Å². The van der Waals surface area contributed by atoms with Crippen molar-refractivity contribution in [1.82, 2.24) is 0 Å². The summed E-state index contributed by atoms with van der Waals surface area (Å²) in [5, 5.41) is 11.3. The van der Waals surface area contributed by atoms with Crippen LogP contribution in [0.4, 0.5) is 18.9 Å². The summed E-state index contributed by atoms with van der Waals surface area (Å²) in [5.74, 6) is -3.26. The van der Waals surface area contributed by atoms with Crippen LogP contribution in [-0.2, 0) is 0 Å². The van der Waals surface area contributed by atoms with Crippen LogP contribution in [-0.4, -0.2) is 17.8 Å². The molecule has 1 unspecified atom stereocenters. The van der Waals surface area contributed by atoms with Crippen LogP contribution in [0.5, 0.6) is 0 Å². The van der Waals surface area contributed by atoms with Crippen molar-refractivity contribution in [3.8, 4) is 0 Å². The Labute approximate surface area is 79.4 Å². The monoisotopic (exact) mass is 205 g/mol. The van der Waals surface area contributed by atoms with E-state index in [0.717, 1.165) is 6.07 Å². The van der Waals surface area contributed by atoms with E-state index in [-0.39, 0.29) is 12.2 Å². The van der Waals surface area contributed by atoms with E-state index in [1.807, 2.05) is 0 Å². The second-order valence-electron chi connectivity index (χ2n) is 2.98. The Morgan fingerprint density at radius 3 is 2.57 bits per heavy atom. The van der Waals surface area contributed by atoms with Gasteiger partial charge in [0.05, 0.1) is 11.8 Å². The zero-order valence-electron chi connectivity index (χ0n) is 7.52. The highest BCUT2D eigenvalue weighted by molar-refractivity contribution is 5.45. The first-order valence-electron chi connectivity index (χ1n) is 4.07. The van der Waals surface area contributed by atoms with Gasteiger partial charge in [-0.1, -0.05) is 0 Å². The van der Waals surface area contributed by atoms with E-state index in [9.17, 15) is 13.2 Å². The van der Waals surface area contributed by atoms with Crippen LogP contribution in [0, 0.1) is 17.5 Å². The second kappa shape index (κ2) is 4.32. The number of hydrogen-bond acceptors (Lipinski definition) is 2. The number of benzene rings is 1. The lowest BCUT2D eigenvalue weighted by molar-refractivity contribution is 0.208. The summed E-state index contributed by atoms with van der Waals surface area (Å²) in [5.41, 5.74) is -0.289. The molecule has 0 spiro atoms. The Morgan fingerprint density at radius 1 is 1.36 bits per heavy atom. The van der Waals surface area contributed by atoms with Crippen molar-refractivity contribution >= 4 is 5.69 Å². The van der Waals surface area contributed by atoms with Crippen molar-refractivity contribution in [2.75, 3.05) is 11.9 Å². The molecule has 0 amide bonds. The van der Waals surface area contributed by atoms with Crippen molar-refractivity contribution < 1.29 is 18.3 Å². The van der Waals surface area contributed by atoms with Gasteiger partial charge in [0.1, 0.15) is 5.82 Å². The van der Waals surface area contributed by atoms with Crippen LogP contribution in [0.25, 0.3) is 0 Å². The van der Waals surface area contributed by atoms with Gasteiger partial charge in [0.2, 0.25) is 0 Å². The molecule has 0 aliphatic carbocycles. The van der Waals surface area contributed by atoms with Gasteiger partial charge in [0.25, 0.3) is 0 Å². The van der Waals surface area contributed by atoms with Gasteiger partial charge in [-0.3, -0.25) is 0 Å². The Morgan fingerprint density at radius 2 is 2.00 bits per heavy atom. The SMILES string of the molecule is CC(O)CNc1cc(F)cc(F)c1F.